The standard InChI is InChI=1S/C17H26N2O3S/c1-2-23(21,22)19-16-12-10-14(11-13-16)17(20)18-15-8-6-4-3-5-7-9-15/h10-13,15,19H,2-9H2,1H3,(H,18,20). The average molecular weight is 338 g/mol. The van der Waals surface area contributed by atoms with Gasteiger partial charge in [-0.3, -0.25) is 9.52 Å². The van der Waals surface area contributed by atoms with E-state index in [1.807, 2.05) is 0 Å². The summed E-state index contributed by atoms with van der Waals surface area (Å²) in [5, 5.41) is 3.10. The monoisotopic (exact) mass is 338 g/mol. The van der Waals surface area contributed by atoms with Gasteiger partial charge in [-0.1, -0.05) is 32.1 Å². The fourth-order valence-corrected chi connectivity index (χ4v) is 3.45. The number of nitrogens with one attached hydrogen (secondary N) is 2. The number of carbonyl (C=O) groups excluding carboxylic acids is 1. The summed E-state index contributed by atoms with van der Waals surface area (Å²) in [5.41, 5.74) is 1.04. The number of carbonyl (C=O) groups is 1. The largest absolute Gasteiger partial charge is 0.349 e. The van der Waals surface area contributed by atoms with Gasteiger partial charge >= 0.3 is 0 Å². The first-order valence-corrected chi connectivity index (χ1v) is 10.1. The number of rotatable bonds is 5. The zero-order valence-corrected chi connectivity index (χ0v) is 14.5. The van der Waals surface area contributed by atoms with Gasteiger partial charge in [0.25, 0.3) is 5.91 Å². The molecule has 23 heavy (non-hydrogen) atoms. The van der Waals surface area contributed by atoms with Crippen molar-refractivity contribution in [2.24, 2.45) is 0 Å². The van der Waals surface area contributed by atoms with Gasteiger partial charge in [0.2, 0.25) is 10.0 Å². The van der Waals surface area contributed by atoms with Crippen LogP contribution in [0.1, 0.15) is 62.2 Å². The second kappa shape index (κ2) is 8.34. The lowest BCUT2D eigenvalue weighted by atomic mass is 9.96. The Morgan fingerprint density at radius 3 is 2.17 bits per heavy atom. The van der Waals surface area contributed by atoms with E-state index in [9.17, 15) is 13.2 Å². The van der Waals surface area contributed by atoms with Crippen molar-refractivity contribution in [3.05, 3.63) is 29.8 Å². The third-order valence-corrected chi connectivity index (χ3v) is 5.55. The second-order valence-corrected chi connectivity index (χ2v) is 8.11. The summed E-state index contributed by atoms with van der Waals surface area (Å²) in [5.74, 6) is -0.0582. The van der Waals surface area contributed by atoms with Crippen LogP contribution < -0.4 is 10.0 Å². The Bertz CT molecular complexity index is 603. The molecule has 5 nitrogen and oxygen atoms in total. The maximum absolute atomic E-state index is 12.3. The van der Waals surface area contributed by atoms with Crippen molar-refractivity contribution >= 4 is 21.6 Å². The van der Waals surface area contributed by atoms with E-state index >= 15 is 0 Å². The van der Waals surface area contributed by atoms with E-state index in [0.717, 1.165) is 12.8 Å². The average Bonchev–Trinajstić information content (AvgIpc) is 2.50. The molecule has 1 aliphatic rings. The Kier molecular flexibility index (Phi) is 6.45. The van der Waals surface area contributed by atoms with E-state index in [2.05, 4.69) is 10.0 Å². The van der Waals surface area contributed by atoms with Crippen LogP contribution >= 0.6 is 0 Å². The predicted octanol–water partition coefficient (Wildman–Crippen LogP) is 3.29. The van der Waals surface area contributed by atoms with Gasteiger partial charge < -0.3 is 5.32 Å². The van der Waals surface area contributed by atoms with Crippen molar-refractivity contribution in [3.63, 3.8) is 0 Å². The number of anilines is 1. The summed E-state index contributed by atoms with van der Waals surface area (Å²) in [6, 6.07) is 6.82. The van der Waals surface area contributed by atoms with Gasteiger partial charge in [0, 0.05) is 17.3 Å². The molecule has 0 radical (unpaired) electrons. The zero-order valence-electron chi connectivity index (χ0n) is 13.7. The highest BCUT2D eigenvalue weighted by molar-refractivity contribution is 7.92. The first-order valence-electron chi connectivity index (χ1n) is 8.41. The molecule has 0 atom stereocenters. The van der Waals surface area contributed by atoms with Crippen molar-refractivity contribution in [2.45, 2.75) is 57.9 Å². The van der Waals surface area contributed by atoms with Crippen molar-refractivity contribution in [3.8, 4) is 0 Å². The summed E-state index contributed by atoms with van der Waals surface area (Å²) < 4.78 is 25.5. The maximum Gasteiger partial charge on any atom is 0.251 e. The van der Waals surface area contributed by atoms with Crippen LogP contribution in [0.15, 0.2) is 24.3 Å². The van der Waals surface area contributed by atoms with Crippen molar-refractivity contribution in [2.75, 3.05) is 10.5 Å². The van der Waals surface area contributed by atoms with Crippen molar-refractivity contribution < 1.29 is 13.2 Å². The van der Waals surface area contributed by atoms with E-state index < -0.39 is 10.0 Å². The van der Waals surface area contributed by atoms with Crippen LogP contribution in [0.3, 0.4) is 0 Å². The third-order valence-electron chi connectivity index (χ3n) is 4.24. The lowest BCUT2D eigenvalue weighted by molar-refractivity contribution is 0.0930. The van der Waals surface area contributed by atoms with Crippen LogP contribution in [0.5, 0.6) is 0 Å². The predicted molar refractivity (Wildman–Crippen MR) is 93.1 cm³/mol. The Morgan fingerprint density at radius 1 is 1.04 bits per heavy atom. The van der Waals surface area contributed by atoms with Crippen LogP contribution in [-0.2, 0) is 10.0 Å². The number of sulfonamides is 1. The first kappa shape index (κ1) is 17.8. The van der Waals surface area contributed by atoms with E-state index in [1.54, 1.807) is 31.2 Å². The van der Waals surface area contributed by atoms with Gasteiger partial charge in [0.1, 0.15) is 0 Å². The molecule has 128 valence electrons. The molecular weight excluding hydrogens is 312 g/mol. The van der Waals surface area contributed by atoms with Crippen LogP contribution in [0, 0.1) is 0 Å². The van der Waals surface area contributed by atoms with Gasteiger partial charge in [-0.15, -0.1) is 0 Å². The first-order chi connectivity index (χ1) is 11.0. The molecule has 1 amide bonds. The molecule has 1 aromatic rings. The second-order valence-electron chi connectivity index (χ2n) is 6.10. The molecule has 0 aliphatic heterocycles. The van der Waals surface area contributed by atoms with Gasteiger partial charge in [-0.25, -0.2) is 8.42 Å². The van der Waals surface area contributed by atoms with Crippen LogP contribution in [0.25, 0.3) is 0 Å². The summed E-state index contributed by atoms with van der Waals surface area (Å²) >= 11 is 0. The Morgan fingerprint density at radius 2 is 1.61 bits per heavy atom. The summed E-state index contributed by atoms with van der Waals surface area (Å²) in [4.78, 5) is 12.3. The Hall–Kier alpha value is -1.56. The number of hydrogen-bond acceptors (Lipinski definition) is 3. The summed E-state index contributed by atoms with van der Waals surface area (Å²) in [6.45, 7) is 1.58. The summed E-state index contributed by atoms with van der Waals surface area (Å²) in [6.07, 6.45) is 8.22. The lowest BCUT2D eigenvalue weighted by Crippen LogP contribution is -2.35. The maximum atomic E-state index is 12.3. The number of amides is 1. The highest BCUT2D eigenvalue weighted by atomic mass is 32.2. The smallest absolute Gasteiger partial charge is 0.251 e. The molecular formula is C17H26N2O3S. The fraction of sp³-hybridized carbons (Fsp3) is 0.588. The molecule has 1 saturated carbocycles. The molecule has 2 N–H and O–H groups in total. The SMILES string of the molecule is CCS(=O)(=O)Nc1ccc(C(=O)NC2CCCCCCC2)cc1. The molecule has 1 aliphatic carbocycles. The van der Waals surface area contributed by atoms with Crippen molar-refractivity contribution in [1.82, 2.24) is 5.32 Å². The minimum atomic E-state index is -3.29. The van der Waals surface area contributed by atoms with E-state index in [1.165, 1.54) is 32.1 Å². The minimum Gasteiger partial charge on any atom is -0.349 e. The molecule has 0 unspecified atom stereocenters. The molecule has 0 saturated heterocycles. The summed E-state index contributed by atoms with van der Waals surface area (Å²) in [7, 11) is -3.29. The Labute approximate surface area is 138 Å². The molecule has 0 spiro atoms. The van der Waals surface area contributed by atoms with E-state index in [-0.39, 0.29) is 17.7 Å². The van der Waals surface area contributed by atoms with Gasteiger partial charge in [0.15, 0.2) is 0 Å². The molecule has 0 heterocycles. The molecule has 6 heteroatoms. The Balaban J connectivity index is 1.94. The normalized spacial score (nSPS) is 17.1. The van der Waals surface area contributed by atoms with Crippen molar-refractivity contribution in [1.29, 1.82) is 0 Å². The van der Waals surface area contributed by atoms with Crippen LogP contribution in [-0.4, -0.2) is 26.1 Å². The number of benzene rings is 1. The fourth-order valence-electron chi connectivity index (χ4n) is 2.81. The molecule has 1 fully saturated rings. The third kappa shape index (κ3) is 5.86. The highest BCUT2D eigenvalue weighted by Gasteiger charge is 2.15. The van der Waals surface area contributed by atoms with Crippen LogP contribution in [0.4, 0.5) is 5.69 Å². The topological polar surface area (TPSA) is 75.3 Å². The van der Waals surface area contributed by atoms with Gasteiger partial charge in [-0.2, -0.15) is 0 Å². The molecule has 2 rings (SSSR count). The van der Waals surface area contributed by atoms with E-state index in [0.29, 0.717) is 11.3 Å². The molecule has 0 aromatic heterocycles. The minimum absolute atomic E-state index is 0.0247. The number of hydrogen-bond donors (Lipinski definition) is 2. The van der Waals surface area contributed by atoms with Crippen LogP contribution in [0.2, 0.25) is 0 Å². The zero-order chi connectivity index (χ0) is 16.7. The van der Waals surface area contributed by atoms with Gasteiger partial charge in [0.05, 0.1) is 5.75 Å². The molecule has 1 aromatic carbocycles. The van der Waals surface area contributed by atoms with E-state index in [4.69, 9.17) is 0 Å². The molecule has 0 bridgehead atoms. The highest BCUT2D eigenvalue weighted by Crippen LogP contribution is 2.18. The quantitative estimate of drug-likeness (QED) is 0.865. The van der Waals surface area contributed by atoms with Gasteiger partial charge in [-0.05, 0) is 44.0 Å². The lowest BCUT2D eigenvalue weighted by Gasteiger charge is -2.21.